The topological polar surface area (TPSA) is 90.9 Å². The number of aromatic nitrogens is 2. The van der Waals surface area contributed by atoms with E-state index in [1.54, 1.807) is 6.07 Å². The fourth-order valence-corrected chi connectivity index (χ4v) is 1.67. The second kappa shape index (κ2) is 6.89. The quantitative estimate of drug-likeness (QED) is 0.580. The number of nitriles is 1. The Kier molecular flexibility index (Phi) is 5.49. The zero-order valence-corrected chi connectivity index (χ0v) is 11.1. The Morgan fingerprint density at radius 2 is 2.22 bits per heavy atom. The van der Waals surface area contributed by atoms with Gasteiger partial charge in [-0.3, -0.25) is 4.90 Å². The first-order valence-electron chi connectivity index (χ1n) is 5.99. The molecule has 0 amide bonds. The van der Waals surface area contributed by atoms with E-state index in [1.165, 1.54) is 0 Å². The monoisotopic (exact) mass is 248 g/mol. The molecule has 0 aliphatic rings. The molecular weight excluding hydrogens is 228 g/mol. The summed E-state index contributed by atoms with van der Waals surface area (Å²) in [6.45, 7) is 7.43. The van der Waals surface area contributed by atoms with Gasteiger partial charge in [0.15, 0.2) is 0 Å². The fraction of sp³-hybridized carbons (Fsp3) is 0.583. The van der Waals surface area contributed by atoms with E-state index in [0.29, 0.717) is 24.8 Å². The van der Waals surface area contributed by atoms with E-state index >= 15 is 0 Å². The third kappa shape index (κ3) is 4.28. The van der Waals surface area contributed by atoms with Crippen LogP contribution in [0.25, 0.3) is 0 Å². The average Bonchev–Trinajstić information content (AvgIpc) is 2.33. The lowest BCUT2D eigenvalue weighted by molar-refractivity contribution is 0.212. The van der Waals surface area contributed by atoms with Crippen LogP contribution in [0.5, 0.6) is 0 Å². The molecule has 18 heavy (non-hydrogen) atoms. The standard InChI is InChI=1S/C12H20N6/c1-9(2)18(6-4-5-13)8-12-15-10(3)7-11(16-12)17-14/h7,9H,4,6,8,14H2,1-3H3,(H,15,16,17). The number of anilines is 1. The molecule has 6 nitrogen and oxygen atoms in total. The molecule has 0 radical (unpaired) electrons. The van der Waals surface area contributed by atoms with Crippen LogP contribution in [0.2, 0.25) is 0 Å². The summed E-state index contributed by atoms with van der Waals surface area (Å²) in [5, 5.41) is 8.65. The highest BCUT2D eigenvalue weighted by Crippen LogP contribution is 2.09. The predicted octanol–water partition coefficient (Wildman–Crippen LogP) is 1.19. The number of nitrogens with two attached hydrogens (primary N) is 1. The lowest BCUT2D eigenvalue weighted by Gasteiger charge is -2.24. The molecule has 98 valence electrons. The van der Waals surface area contributed by atoms with Crippen molar-refractivity contribution < 1.29 is 0 Å². The number of nitrogens with zero attached hydrogens (tertiary/aromatic N) is 4. The zero-order valence-electron chi connectivity index (χ0n) is 11.1. The highest BCUT2D eigenvalue weighted by Gasteiger charge is 2.12. The smallest absolute Gasteiger partial charge is 0.145 e. The highest BCUT2D eigenvalue weighted by molar-refractivity contribution is 5.33. The minimum absolute atomic E-state index is 0.344. The van der Waals surface area contributed by atoms with Crippen molar-refractivity contribution in [3.05, 3.63) is 17.6 Å². The Morgan fingerprint density at radius 1 is 1.50 bits per heavy atom. The van der Waals surface area contributed by atoms with E-state index in [9.17, 15) is 0 Å². The summed E-state index contributed by atoms with van der Waals surface area (Å²) < 4.78 is 0. The van der Waals surface area contributed by atoms with Gasteiger partial charge in [-0.1, -0.05) is 0 Å². The Balaban J connectivity index is 2.80. The van der Waals surface area contributed by atoms with E-state index in [1.807, 2.05) is 6.92 Å². The molecule has 3 N–H and O–H groups in total. The second-order valence-corrected chi connectivity index (χ2v) is 4.43. The lowest BCUT2D eigenvalue weighted by Crippen LogP contribution is -2.32. The molecule has 0 fully saturated rings. The summed E-state index contributed by atoms with van der Waals surface area (Å²) in [7, 11) is 0. The number of aryl methyl sites for hydroxylation is 1. The van der Waals surface area contributed by atoms with Crippen LogP contribution < -0.4 is 11.3 Å². The van der Waals surface area contributed by atoms with Gasteiger partial charge >= 0.3 is 0 Å². The van der Waals surface area contributed by atoms with Crippen molar-refractivity contribution in [1.82, 2.24) is 14.9 Å². The van der Waals surface area contributed by atoms with Crippen molar-refractivity contribution >= 4 is 5.82 Å². The fourth-order valence-electron chi connectivity index (χ4n) is 1.67. The predicted molar refractivity (Wildman–Crippen MR) is 70.4 cm³/mol. The Morgan fingerprint density at radius 3 is 2.78 bits per heavy atom. The minimum Gasteiger partial charge on any atom is -0.308 e. The maximum absolute atomic E-state index is 8.65. The molecule has 1 aromatic rings. The molecule has 1 heterocycles. The van der Waals surface area contributed by atoms with Gasteiger partial charge in [0.1, 0.15) is 11.6 Å². The van der Waals surface area contributed by atoms with Crippen molar-refractivity contribution in [2.45, 2.75) is 39.8 Å². The summed E-state index contributed by atoms with van der Waals surface area (Å²) in [6.07, 6.45) is 0.506. The van der Waals surface area contributed by atoms with E-state index < -0.39 is 0 Å². The molecule has 0 unspecified atom stereocenters. The first-order valence-corrected chi connectivity index (χ1v) is 5.99. The Hall–Kier alpha value is -1.71. The van der Waals surface area contributed by atoms with Crippen LogP contribution in [0.15, 0.2) is 6.07 Å². The number of rotatable bonds is 6. The van der Waals surface area contributed by atoms with E-state index in [2.05, 4.69) is 40.2 Å². The van der Waals surface area contributed by atoms with Crippen LogP contribution in [-0.2, 0) is 6.54 Å². The summed E-state index contributed by atoms with van der Waals surface area (Å²) in [5.41, 5.74) is 3.40. The highest BCUT2D eigenvalue weighted by atomic mass is 15.3. The minimum atomic E-state index is 0.344. The third-order valence-corrected chi connectivity index (χ3v) is 2.63. The number of nitrogen functional groups attached to an aromatic ring is 1. The lowest BCUT2D eigenvalue weighted by atomic mass is 10.3. The van der Waals surface area contributed by atoms with Gasteiger partial charge in [-0.15, -0.1) is 0 Å². The molecule has 1 rings (SSSR count). The number of hydrogen-bond donors (Lipinski definition) is 2. The van der Waals surface area contributed by atoms with E-state index in [0.717, 1.165) is 18.1 Å². The van der Waals surface area contributed by atoms with Gasteiger partial charge in [0.25, 0.3) is 0 Å². The maximum atomic E-state index is 8.65. The molecule has 0 saturated carbocycles. The molecule has 6 heteroatoms. The summed E-state index contributed by atoms with van der Waals surface area (Å²) in [4.78, 5) is 10.9. The van der Waals surface area contributed by atoms with Crippen LogP contribution in [0.4, 0.5) is 5.82 Å². The Labute approximate surface area is 108 Å². The number of nitrogens with one attached hydrogen (secondary N) is 1. The normalized spacial score (nSPS) is 10.7. The average molecular weight is 248 g/mol. The Bertz CT molecular complexity index is 423. The summed E-state index contributed by atoms with van der Waals surface area (Å²) >= 11 is 0. The molecule has 0 bridgehead atoms. The van der Waals surface area contributed by atoms with Crippen LogP contribution in [0.1, 0.15) is 31.8 Å². The van der Waals surface area contributed by atoms with Gasteiger partial charge in [-0.2, -0.15) is 5.26 Å². The molecule has 1 aromatic heterocycles. The molecule has 0 atom stereocenters. The third-order valence-electron chi connectivity index (χ3n) is 2.63. The van der Waals surface area contributed by atoms with Gasteiger partial charge < -0.3 is 5.43 Å². The van der Waals surface area contributed by atoms with Gasteiger partial charge in [0.05, 0.1) is 12.6 Å². The van der Waals surface area contributed by atoms with Crippen LogP contribution in [-0.4, -0.2) is 27.5 Å². The SMILES string of the molecule is Cc1cc(NN)nc(CN(CCC#N)C(C)C)n1. The van der Waals surface area contributed by atoms with E-state index in [-0.39, 0.29) is 0 Å². The second-order valence-electron chi connectivity index (χ2n) is 4.43. The van der Waals surface area contributed by atoms with Crippen LogP contribution in [0.3, 0.4) is 0 Å². The van der Waals surface area contributed by atoms with Gasteiger partial charge in [0, 0.05) is 30.8 Å². The van der Waals surface area contributed by atoms with Gasteiger partial charge in [-0.25, -0.2) is 15.8 Å². The van der Waals surface area contributed by atoms with Crippen molar-refractivity contribution in [1.29, 1.82) is 5.26 Å². The number of hydrogen-bond acceptors (Lipinski definition) is 6. The molecule has 0 aliphatic heterocycles. The van der Waals surface area contributed by atoms with Gasteiger partial charge in [-0.05, 0) is 20.8 Å². The van der Waals surface area contributed by atoms with Crippen LogP contribution in [0, 0.1) is 18.3 Å². The van der Waals surface area contributed by atoms with Crippen molar-refractivity contribution in [2.75, 3.05) is 12.0 Å². The summed E-state index contributed by atoms with van der Waals surface area (Å²) in [6, 6.07) is 4.29. The number of hydrazine groups is 1. The molecule has 0 saturated heterocycles. The first-order chi connectivity index (χ1) is 8.56. The molecule has 0 aliphatic carbocycles. The van der Waals surface area contributed by atoms with Gasteiger partial charge in [0.2, 0.25) is 0 Å². The van der Waals surface area contributed by atoms with Crippen molar-refractivity contribution in [3.63, 3.8) is 0 Å². The molecule has 0 aromatic carbocycles. The molecular formula is C12H20N6. The first kappa shape index (κ1) is 14.4. The van der Waals surface area contributed by atoms with Crippen LogP contribution >= 0.6 is 0 Å². The largest absolute Gasteiger partial charge is 0.308 e. The van der Waals surface area contributed by atoms with Crippen molar-refractivity contribution in [2.24, 2.45) is 5.84 Å². The molecule has 0 spiro atoms. The zero-order chi connectivity index (χ0) is 13.5. The van der Waals surface area contributed by atoms with E-state index in [4.69, 9.17) is 11.1 Å². The maximum Gasteiger partial charge on any atom is 0.145 e. The van der Waals surface area contributed by atoms with Crippen molar-refractivity contribution in [3.8, 4) is 6.07 Å². The summed E-state index contributed by atoms with van der Waals surface area (Å²) in [5.74, 6) is 6.69.